The minimum absolute atomic E-state index is 0.0328. The topological polar surface area (TPSA) is 82.7 Å². The molecule has 0 radical (unpaired) electrons. The van der Waals surface area contributed by atoms with Crippen molar-refractivity contribution in [1.29, 1.82) is 0 Å². The Morgan fingerprint density at radius 2 is 1.81 bits per heavy atom. The van der Waals surface area contributed by atoms with Crippen molar-refractivity contribution in [2.24, 2.45) is 0 Å². The molecule has 1 atom stereocenters. The summed E-state index contributed by atoms with van der Waals surface area (Å²) in [5.74, 6) is -0.0328. The molecule has 1 aliphatic rings. The number of anilines is 1. The highest BCUT2D eigenvalue weighted by molar-refractivity contribution is 7.86. The molecule has 1 aliphatic heterocycles. The molecule has 1 heterocycles. The average molecular weight is 378 g/mol. The van der Waals surface area contributed by atoms with Crippen molar-refractivity contribution >= 4 is 26.6 Å². The molecule has 7 nitrogen and oxygen atoms in total. The molecule has 0 aliphatic carbocycles. The van der Waals surface area contributed by atoms with Crippen molar-refractivity contribution in [3.63, 3.8) is 0 Å². The van der Waals surface area contributed by atoms with E-state index in [9.17, 15) is 8.42 Å². The van der Waals surface area contributed by atoms with E-state index in [0.717, 1.165) is 16.3 Å². The molecule has 8 heteroatoms. The largest absolute Gasteiger partial charge is 0.296 e. The number of fused-ring (bicyclic) bond motifs is 3. The molecule has 0 fully saturated rings. The van der Waals surface area contributed by atoms with E-state index in [0.29, 0.717) is 12.1 Å². The molecular weight excluding hydrogens is 352 g/mol. The van der Waals surface area contributed by atoms with E-state index in [-0.39, 0.29) is 5.75 Å². The molecule has 1 unspecified atom stereocenters. The maximum atomic E-state index is 12.4. The van der Waals surface area contributed by atoms with Crippen LogP contribution in [-0.4, -0.2) is 41.5 Å². The summed E-state index contributed by atoms with van der Waals surface area (Å²) in [6.07, 6.45) is 0.0266. The van der Waals surface area contributed by atoms with Crippen LogP contribution in [0.15, 0.2) is 36.4 Å². The fourth-order valence-corrected chi connectivity index (χ4v) is 4.77. The molecule has 0 saturated heterocycles. The number of hydrogen-bond donors (Lipinski definition) is 3. The molecule has 0 amide bonds. The van der Waals surface area contributed by atoms with Gasteiger partial charge in [0.2, 0.25) is 0 Å². The third-order valence-corrected chi connectivity index (χ3v) is 6.19. The van der Waals surface area contributed by atoms with Gasteiger partial charge < -0.3 is 0 Å². The second-order valence-electron chi connectivity index (χ2n) is 6.34. The quantitative estimate of drug-likeness (QED) is 0.629. The predicted octanol–water partition coefficient (Wildman–Crippen LogP) is 1.47. The number of likely N-dealkylation sites (N-methyl/N-ethyl adjacent to an activating group) is 3. The highest BCUT2D eigenvalue weighted by atomic mass is 32.2. The lowest BCUT2D eigenvalue weighted by Gasteiger charge is -2.37. The molecule has 26 heavy (non-hydrogen) atoms. The van der Waals surface area contributed by atoms with Crippen molar-refractivity contribution in [2.75, 3.05) is 32.0 Å². The Hall–Kier alpha value is -1.71. The summed E-state index contributed by atoms with van der Waals surface area (Å²) in [7, 11) is 1.78. The first kappa shape index (κ1) is 19.1. The number of hydroxylamine groups is 1. The van der Waals surface area contributed by atoms with Gasteiger partial charge in [0.1, 0.15) is 11.8 Å². The highest BCUT2D eigenvalue weighted by Crippen LogP contribution is 2.45. The van der Waals surface area contributed by atoms with Gasteiger partial charge in [0.05, 0.1) is 11.4 Å². The third-order valence-electron chi connectivity index (χ3n) is 4.89. The van der Waals surface area contributed by atoms with Gasteiger partial charge in [-0.25, -0.2) is 5.06 Å². The summed E-state index contributed by atoms with van der Waals surface area (Å²) < 4.78 is 30.3. The molecule has 3 rings (SSSR count). The highest BCUT2D eigenvalue weighted by Gasteiger charge is 2.52. The molecule has 0 spiro atoms. The molecule has 3 N–H and O–H groups in total. The zero-order valence-electron chi connectivity index (χ0n) is 15.5. The van der Waals surface area contributed by atoms with Crippen LogP contribution in [0, 0.1) is 0 Å². The van der Waals surface area contributed by atoms with Crippen molar-refractivity contribution < 1.29 is 12.7 Å². The van der Waals surface area contributed by atoms with Gasteiger partial charge in [-0.3, -0.25) is 16.0 Å². The van der Waals surface area contributed by atoms with E-state index in [4.69, 9.17) is 4.28 Å². The normalized spacial score (nSPS) is 19.1. The van der Waals surface area contributed by atoms with Crippen molar-refractivity contribution in [1.82, 2.24) is 16.0 Å². The standard InChI is InChI=1S/C18H26N4O3S/c1-5-12-26(23,24)25-22-15-11-10-13-8-6-7-9-14(13)16(15)18(20-3,21-4)17(22)19-2/h6-11,17,19-21H,5,12H2,1-4H3. The fraction of sp³-hybridized carbons (Fsp3) is 0.444. The second kappa shape index (κ2) is 7.13. The van der Waals surface area contributed by atoms with E-state index in [1.807, 2.05) is 57.4 Å². The van der Waals surface area contributed by atoms with Crippen molar-refractivity contribution in [3.8, 4) is 0 Å². The molecule has 142 valence electrons. The Bertz CT molecular complexity index is 896. The van der Waals surface area contributed by atoms with Crippen LogP contribution < -0.4 is 21.0 Å². The van der Waals surface area contributed by atoms with Gasteiger partial charge in [-0.1, -0.05) is 37.3 Å². The average Bonchev–Trinajstić information content (AvgIpc) is 2.90. The van der Waals surface area contributed by atoms with Crippen LogP contribution in [0.2, 0.25) is 0 Å². The monoisotopic (exact) mass is 378 g/mol. The summed E-state index contributed by atoms with van der Waals surface area (Å²) in [6.45, 7) is 1.81. The molecular formula is C18H26N4O3S. The summed E-state index contributed by atoms with van der Waals surface area (Å²) >= 11 is 0. The maximum Gasteiger partial charge on any atom is 0.288 e. The minimum atomic E-state index is -3.69. The Morgan fingerprint density at radius 3 is 2.42 bits per heavy atom. The van der Waals surface area contributed by atoms with Gasteiger partial charge in [-0.2, -0.15) is 8.42 Å². The lowest BCUT2D eigenvalue weighted by Crippen LogP contribution is -2.65. The van der Waals surface area contributed by atoms with Crippen molar-refractivity contribution in [2.45, 2.75) is 25.2 Å². The van der Waals surface area contributed by atoms with Gasteiger partial charge in [0.25, 0.3) is 10.1 Å². The summed E-state index contributed by atoms with van der Waals surface area (Å²) in [6, 6.07) is 11.9. The van der Waals surface area contributed by atoms with Crippen LogP contribution in [0.1, 0.15) is 18.9 Å². The first-order valence-electron chi connectivity index (χ1n) is 8.73. The Morgan fingerprint density at radius 1 is 1.12 bits per heavy atom. The molecule has 2 aromatic carbocycles. The van der Waals surface area contributed by atoms with Crippen LogP contribution >= 0.6 is 0 Å². The molecule has 0 bridgehead atoms. The number of nitrogens with zero attached hydrogens (tertiary/aromatic N) is 1. The molecule has 2 aromatic rings. The van der Waals surface area contributed by atoms with Gasteiger partial charge in [-0.15, -0.1) is 4.28 Å². The number of benzene rings is 2. The van der Waals surface area contributed by atoms with Crippen LogP contribution in [0.3, 0.4) is 0 Å². The number of rotatable bonds is 7. The lowest BCUT2D eigenvalue weighted by atomic mass is 9.93. The van der Waals surface area contributed by atoms with E-state index in [2.05, 4.69) is 16.0 Å². The van der Waals surface area contributed by atoms with Gasteiger partial charge in [0.15, 0.2) is 0 Å². The zero-order valence-corrected chi connectivity index (χ0v) is 16.4. The van der Waals surface area contributed by atoms with E-state index < -0.39 is 21.9 Å². The summed E-state index contributed by atoms with van der Waals surface area (Å²) in [5, 5.41) is 13.4. The predicted molar refractivity (Wildman–Crippen MR) is 104 cm³/mol. The van der Waals surface area contributed by atoms with Gasteiger partial charge in [0, 0.05) is 5.56 Å². The van der Waals surface area contributed by atoms with Crippen LogP contribution in [0.25, 0.3) is 10.8 Å². The van der Waals surface area contributed by atoms with Crippen LogP contribution in [-0.2, 0) is 20.1 Å². The van der Waals surface area contributed by atoms with Crippen LogP contribution in [0.4, 0.5) is 5.69 Å². The Balaban J connectivity index is 2.25. The Labute approximate surface area is 154 Å². The maximum absolute atomic E-state index is 12.4. The van der Waals surface area contributed by atoms with E-state index >= 15 is 0 Å². The number of nitrogens with one attached hydrogen (secondary N) is 3. The third kappa shape index (κ3) is 2.87. The molecule has 0 aromatic heterocycles. The van der Waals surface area contributed by atoms with Crippen LogP contribution in [0.5, 0.6) is 0 Å². The SMILES string of the molecule is CCCS(=O)(=O)ON1c2ccc3ccccc3c2C(NC)(NC)C1NC. The fourth-order valence-electron chi connectivity index (χ4n) is 3.78. The first-order valence-corrected chi connectivity index (χ1v) is 10.3. The van der Waals surface area contributed by atoms with Gasteiger partial charge in [-0.05, 0) is 44.4 Å². The first-order chi connectivity index (χ1) is 12.4. The van der Waals surface area contributed by atoms with Crippen molar-refractivity contribution in [3.05, 3.63) is 42.0 Å². The summed E-state index contributed by atoms with van der Waals surface area (Å²) in [4.78, 5) is 0. The second-order valence-corrected chi connectivity index (χ2v) is 8.01. The minimum Gasteiger partial charge on any atom is -0.296 e. The smallest absolute Gasteiger partial charge is 0.288 e. The zero-order chi connectivity index (χ0) is 18.9. The summed E-state index contributed by atoms with van der Waals surface area (Å²) in [5.41, 5.74) is 0.935. The Kier molecular flexibility index (Phi) is 5.23. The van der Waals surface area contributed by atoms with Gasteiger partial charge >= 0.3 is 0 Å². The van der Waals surface area contributed by atoms with E-state index in [1.54, 1.807) is 7.05 Å². The lowest BCUT2D eigenvalue weighted by molar-refractivity contribution is 0.153. The number of hydrogen-bond acceptors (Lipinski definition) is 7. The van der Waals surface area contributed by atoms with E-state index in [1.165, 1.54) is 5.06 Å². The molecule has 0 saturated carbocycles.